The summed E-state index contributed by atoms with van der Waals surface area (Å²) >= 11 is 0. The highest BCUT2D eigenvalue weighted by Gasteiger charge is 2.45. The fraction of sp³-hybridized carbons (Fsp3) is 0.833. The van der Waals surface area contributed by atoms with Crippen molar-refractivity contribution in [2.24, 2.45) is 17.8 Å². The molecule has 4 unspecified atom stereocenters. The first-order valence-electron chi connectivity index (χ1n) is 8.26. The summed E-state index contributed by atoms with van der Waals surface area (Å²) in [6, 6.07) is 0. The van der Waals surface area contributed by atoms with E-state index in [0.29, 0.717) is 30.8 Å². The lowest BCUT2D eigenvalue weighted by atomic mass is 9.86. The van der Waals surface area contributed by atoms with E-state index in [1.165, 1.54) is 0 Å². The van der Waals surface area contributed by atoms with Gasteiger partial charge >= 0.3 is 0 Å². The summed E-state index contributed by atoms with van der Waals surface area (Å²) in [7, 11) is 0. The maximum Gasteiger partial charge on any atom is 0.164 e. The molecule has 0 spiro atoms. The second kappa shape index (κ2) is 6.62. The Morgan fingerprint density at radius 1 is 1.33 bits per heavy atom. The Balaban J connectivity index is 2.03. The first kappa shape index (κ1) is 16.7. The number of allylic oxidation sites excluding steroid dienone is 1. The molecule has 21 heavy (non-hydrogen) atoms. The van der Waals surface area contributed by atoms with Crippen molar-refractivity contribution in [2.75, 3.05) is 6.61 Å². The molecule has 0 aromatic carbocycles. The summed E-state index contributed by atoms with van der Waals surface area (Å²) in [5.41, 5.74) is -0.125. The molecule has 0 aromatic rings. The van der Waals surface area contributed by atoms with E-state index in [2.05, 4.69) is 46.8 Å². The molecular formula is C18H30O3. The van der Waals surface area contributed by atoms with Crippen molar-refractivity contribution < 1.29 is 14.3 Å². The van der Waals surface area contributed by atoms with E-state index in [4.69, 9.17) is 9.47 Å². The number of ketones is 1. The Kier molecular flexibility index (Phi) is 5.26. The largest absolute Gasteiger partial charge is 0.375 e. The summed E-state index contributed by atoms with van der Waals surface area (Å²) in [4.78, 5) is 12.1. The maximum absolute atomic E-state index is 12.1. The summed E-state index contributed by atoms with van der Waals surface area (Å²) in [5.74, 6) is 1.66. The second-order valence-corrected chi connectivity index (χ2v) is 7.81. The van der Waals surface area contributed by atoms with Crippen LogP contribution in [0.1, 0.15) is 53.9 Å². The second-order valence-electron chi connectivity index (χ2n) is 7.81. The molecule has 1 aliphatic carbocycles. The Labute approximate surface area is 129 Å². The maximum atomic E-state index is 12.1. The molecule has 3 heteroatoms. The van der Waals surface area contributed by atoms with Crippen molar-refractivity contribution in [1.29, 1.82) is 0 Å². The number of hydrogen-bond acceptors (Lipinski definition) is 3. The van der Waals surface area contributed by atoms with Crippen molar-refractivity contribution in [1.82, 2.24) is 0 Å². The molecule has 0 amide bonds. The SMILES string of the molecule is CC(C)C1/C=C\C(COC(C)(C)C)CC2OC2C(=O)CC1. The van der Waals surface area contributed by atoms with Gasteiger partial charge in [-0.2, -0.15) is 0 Å². The summed E-state index contributed by atoms with van der Waals surface area (Å²) in [6.45, 7) is 11.4. The monoisotopic (exact) mass is 294 g/mol. The molecule has 1 fully saturated rings. The first-order valence-corrected chi connectivity index (χ1v) is 8.26. The molecule has 1 aliphatic heterocycles. The highest BCUT2D eigenvalue weighted by atomic mass is 16.6. The van der Waals surface area contributed by atoms with Gasteiger partial charge in [0.2, 0.25) is 0 Å². The molecule has 2 aliphatic rings. The minimum absolute atomic E-state index is 0.117. The number of Topliss-reactive ketones (excluding diaryl/α,β-unsaturated/α-hetero) is 1. The van der Waals surface area contributed by atoms with Gasteiger partial charge in [-0.15, -0.1) is 0 Å². The van der Waals surface area contributed by atoms with Crippen LogP contribution < -0.4 is 0 Å². The van der Waals surface area contributed by atoms with Gasteiger partial charge in [-0.3, -0.25) is 4.79 Å². The van der Waals surface area contributed by atoms with Crippen LogP contribution in [0.15, 0.2) is 12.2 Å². The van der Waals surface area contributed by atoms with Crippen molar-refractivity contribution in [3.63, 3.8) is 0 Å². The first-order chi connectivity index (χ1) is 9.76. The predicted octanol–water partition coefficient (Wildman–Crippen LogP) is 3.77. The third-order valence-electron chi connectivity index (χ3n) is 4.38. The van der Waals surface area contributed by atoms with Gasteiger partial charge in [0.15, 0.2) is 5.78 Å². The fourth-order valence-corrected chi connectivity index (χ4v) is 2.87. The minimum atomic E-state index is -0.138. The normalized spacial score (nSPS) is 35.4. The zero-order chi connectivity index (χ0) is 15.6. The number of ether oxygens (including phenoxy) is 2. The van der Waals surface area contributed by atoms with E-state index in [1.54, 1.807) is 0 Å². The fourth-order valence-electron chi connectivity index (χ4n) is 2.87. The molecule has 0 N–H and O–H groups in total. The van der Waals surface area contributed by atoms with Crippen LogP contribution in [0, 0.1) is 17.8 Å². The summed E-state index contributed by atoms with van der Waals surface area (Å²) in [5, 5.41) is 0. The van der Waals surface area contributed by atoms with Gasteiger partial charge in [0, 0.05) is 12.3 Å². The molecule has 1 heterocycles. The standard InChI is InChI=1S/C18H30O3/c1-12(2)14-7-6-13(11-20-18(3,4)5)10-16-17(21-16)15(19)9-8-14/h6-7,12-14,16-17H,8-11H2,1-5H3/b7-6-. The van der Waals surface area contributed by atoms with Crippen LogP contribution in [-0.4, -0.2) is 30.2 Å². The molecule has 0 aromatic heterocycles. The molecule has 120 valence electrons. The van der Waals surface area contributed by atoms with E-state index >= 15 is 0 Å². The van der Waals surface area contributed by atoms with Gasteiger partial charge in [-0.05, 0) is 45.4 Å². The molecule has 4 atom stereocenters. The molecule has 0 bridgehead atoms. The highest BCUT2D eigenvalue weighted by molar-refractivity contribution is 5.85. The van der Waals surface area contributed by atoms with Crippen LogP contribution in [-0.2, 0) is 14.3 Å². The quantitative estimate of drug-likeness (QED) is 0.587. The van der Waals surface area contributed by atoms with Crippen LogP contribution in [0.25, 0.3) is 0 Å². The van der Waals surface area contributed by atoms with Crippen LogP contribution in [0.4, 0.5) is 0 Å². The van der Waals surface area contributed by atoms with E-state index in [-0.39, 0.29) is 23.6 Å². The lowest BCUT2D eigenvalue weighted by Gasteiger charge is -2.24. The molecule has 1 saturated heterocycles. The van der Waals surface area contributed by atoms with Crippen LogP contribution in [0.3, 0.4) is 0 Å². The molecular weight excluding hydrogens is 264 g/mol. The number of carbonyl (C=O) groups is 1. The third-order valence-corrected chi connectivity index (χ3v) is 4.38. The van der Waals surface area contributed by atoms with Crippen molar-refractivity contribution in [3.05, 3.63) is 12.2 Å². The van der Waals surface area contributed by atoms with Crippen molar-refractivity contribution in [2.45, 2.75) is 71.7 Å². The average molecular weight is 294 g/mol. The molecule has 2 rings (SSSR count). The predicted molar refractivity (Wildman–Crippen MR) is 84.2 cm³/mol. The van der Waals surface area contributed by atoms with Gasteiger partial charge < -0.3 is 9.47 Å². The molecule has 0 saturated carbocycles. The van der Waals surface area contributed by atoms with Gasteiger partial charge in [0.1, 0.15) is 6.10 Å². The number of rotatable bonds is 3. The smallest absolute Gasteiger partial charge is 0.164 e. The van der Waals surface area contributed by atoms with Gasteiger partial charge in [-0.25, -0.2) is 0 Å². The molecule has 0 radical (unpaired) electrons. The topological polar surface area (TPSA) is 38.8 Å². The van der Waals surface area contributed by atoms with Gasteiger partial charge in [0.25, 0.3) is 0 Å². The number of carbonyl (C=O) groups excluding carboxylic acids is 1. The van der Waals surface area contributed by atoms with Crippen molar-refractivity contribution >= 4 is 5.78 Å². The Morgan fingerprint density at radius 2 is 2.05 bits per heavy atom. The van der Waals surface area contributed by atoms with Crippen LogP contribution in [0.5, 0.6) is 0 Å². The van der Waals surface area contributed by atoms with Crippen LogP contribution in [0.2, 0.25) is 0 Å². The highest BCUT2D eigenvalue weighted by Crippen LogP contribution is 2.34. The minimum Gasteiger partial charge on any atom is -0.375 e. The van der Waals surface area contributed by atoms with E-state index in [1.807, 2.05) is 0 Å². The average Bonchev–Trinajstić information content (AvgIpc) is 3.12. The van der Waals surface area contributed by atoms with Gasteiger partial charge in [-0.1, -0.05) is 26.0 Å². The zero-order valence-corrected chi connectivity index (χ0v) is 14.1. The zero-order valence-electron chi connectivity index (χ0n) is 14.1. The number of fused-ring (bicyclic) bond motifs is 1. The van der Waals surface area contributed by atoms with E-state index in [0.717, 1.165) is 12.8 Å². The Bertz CT molecular complexity index is 392. The Hall–Kier alpha value is -0.670. The van der Waals surface area contributed by atoms with Gasteiger partial charge in [0.05, 0.1) is 18.3 Å². The number of hydrogen-bond donors (Lipinski definition) is 0. The molecule has 3 nitrogen and oxygen atoms in total. The van der Waals surface area contributed by atoms with E-state index < -0.39 is 0 Å². The third kappa shape index (κ3) is 5.23. The Morgan fingerprint density at radius 3 is 2.67 bits per heavy atom. The summed E-state index contributed by atoms with van der Waals surface area (Å²) in [6.07, 6.45) is 7.06. The lowest BCUT2D eigenvalue weighted by molar-refractivity contribution is -0.120. The lowest BCUT2D eigenvalue weighted by Crippen LogP contribution is -2.25. The van der Waals surface area contributed by atoms with Crippen LogP contribution >= 0.6 is 0 Å². The van der Waals surface area contributed by atoms with Crippen molar-refractivity contribution in [3.8, 4) is 0 Å². The summed E-state index contributed by atoms with van der Waals surface area (Å²) < 4.78 is 11.5. The number of epoxide rings is 1. The van der Waals surface area contributed by atoms with E-state index in [9.17, 15) is 4.79 Å².